The maximum atomic E-state index is 10.1. The van der Waals surface area contributed by atoms with E-state index in [2.05, 4.69) is 5.32 Å². The molecule has 19 heavy (non-hydrogen) atoms. The molecule has 0 radical (unpaired) electrons. The molecule has 1 saturated heterocycles. The van der Waals surface area contributed by atoms with E-state index in [9.17, 15) is 19.2 Å². The van der Waals surface area contributed by atoms with E-state index in [1.807, 2.05) is 13.8 Å². The highest BCUT2D eigenvalue weighted by Crippen LogP contribution is 1.95. The third kappa shape index (κ3) is 18.6. The van der Waals surface area contributed by atoms with Gasteiger partial charge in [-0.2, -0.15) is 0 Å². The molecule has 0 aromatic heterocycles. The number of carboxylic acid groups (broad SMARTS) is 2. The zero-order valence-corrected chi connectivity index (χ0v) is 11.3. The fraction of sp³-hybridized carbons (Fsp3) is 0.667. The van der Waals surface area contributed by atoms with Crippen LogP contribution in [0.5, 0.6) is 0 Å². The van der Waals surface area contributed by atoms with Gasteiger partial charge in [-0.25, -0.2) is 0 Å². The summed E-state index contributed by atoms with van der Waals surface area (Å²) in [5.74, 6) is -1.72. The first-order chi connectivity index (χ1) is 8.83. The number of hydrogen-bond donors (Lipinski definition) is 3. The van der Waals surface area contributed by atoms with Gasteiger partial charge in [0.15, 0.2) is 0 Å². The number of carbonyl (C=O) groups excluding carboxylic acids is 2. The van der Waals surface area contributed by atoms with Crippen molar-refractivity contribution in [1.82, 2.24) is 5.32 Å². The predicted molar refractivity (Wildman–Crippen MR) is 67.5 cm³/mol. The van der Waals surface area contributed by atoms with E-state index in [0.717, 1.165) is 12.8 Å². The van der Waals surface area contributed by atoms with E-state index in [0.29, 0.717) is 25.7 Å². The van der Waals surface area contributed by atoms with Gasteiger partial charge in [-0.3, -0.25) is 24.5 Å². The van der Waals surface area contributed by atoms with Gasteiger partial charge in [-0.15, -0.1) is 0 Å². The van der Waals surface area contributed by atoms with Gasteiger partial charge in [0.1, 0.15) is 0 Å². The molecular weight excluding hydrogens is 254 g/mol. The summed E-state index contributed by atoms with van der Waals surface area (Å²) in [5, 5.41) is 18.0. The second-order valence-corrected chi connectivity index (χ2v) is 3.76. The Bertz CT molecular complexity index is 283. The first-order valence-corrected chi connectivity index (χ1v) is 6.09. The van der Waals surface area contributed by atoms with Gasteiger partial charge in [0.2, 0.25) is 11.8 Å². The SMILES string of the molecule is CCCC(=O)O.CCCC(=O)O.O=C1CCC(=O)N1. The van der Waals surface area contributed by atoms with Gasteiger partial charge in [-0.05, 0) is 12.8 Å². The number of rotatable bonds is 4. The average Bonchev–Trinajstić information content (AvgIpc) is 2.63. The van der Waals surface area contributed by atoms with Crippen molar-refractivity contribution in [3.63, 3.8) is 0 Å². The van der Waals surface area contributed by atoms with Gasteiger partial charge in [0.05, 0.1) is 0 Å². The lowest BCUT2D eigenvalue weighted by molar-refractivity contribution is -0.138. The third-order valence-corrected chi connectivity index (χ3v) is 1.79. The van der Waals surface area contributed by atoms with E-state index >= 15 is 0 Å². The van der Waals surface area contributed by atoms with Crippen molar-refractivity contribution in [3.05, 3.63) is 0 Å². The Morgan fingerprint density at radius 3 is 1.32 bits per heavy atom. The van der Waals surface area contributed by atoms with Crippen LogP contribution in [-0.2, 0) is 19.2 Å². The van der Waals surface area contributed by atoms with Crippen molar-refractivity contribution in [3.8, 4) is 0 Å². The summed E-state index contributed by atoms with van der Waals surface area (Å²) >= 11 is 0. The Hall–Kier alpha value is -1.92. The molecule has 7 nitrogen and oxygen atoms in total. The van der Waals surface area contributed by atoms with Crippen LogP contribution in [0.15, 0.2) is 0 Å². The van der Waals surface area contributed by atoms with Crippen molar-refractivity contribution in [2.24, 2.45) is 0 Å². The molecule has 0 aromatic rings. The third-order valence-electron chi connectivity index (χ3n) is 1.79. The standard InChI is InChI=1S/C4H5NO2.2C4H8O2/c6-3-1-2-4(7)5-3;2*1-2-3-4(5)6/h1-2H2,(H,5,6,7);2*2-3H2,1H3,(H,5,6). The van der Waals surface area contributed by atoms with Crippen molar-refractivity contribution in [1.29, 1.82) is 0 Å². The minimum Gasteiger partial charge on any atom is -0.481 e. The summed E-state index contributed by atoms with van der Waals surface area (Å²) in [6, 6.07) is 0. The molecule has 1 heterocycles. The van der Waals surface area contributed by atoms with E-state index < -0.39 is 11.9 Å². The number of carboxylic acids is 2. The second-order valence-electron chi connectivity index (χ2n) is 3.76. The van der Waals surface area contributed by atoms with Crippen molar-refractivity contribution in [2.45, 2.75) is 52.4 Å². The molecule has 2 amide bonds. The molecule has 1 rings (SSSR count). The number of carbonyl (C=O) groups is 4. The fourth-order valence-electron chi connectivity index (χ4n) is 0.935. The molecule has 110 valence electrons. The van der Waals surface area contributed by atoms with Gasteiger partial charge in [0, 0.05) is 25.7 Å². The molecule has 0 aliphatic carbocycles. The van der Waals surface area contributed by atoms with Crippen molar-refractivity contribution in [2.75, 3.05) is 0 Å². The highest BCUT2D eigenvalue weighted by Gasteiger charge is 2.15. The molecule has 1 fully saturated rings. The summed E-state index contributed by atoms with van der Waals surface area (Å²) in [5.41, 5.74) is 0. The minimum atomic E-state index is -0.711. The van der Waals surface area contributed by atoms with Crippen LogP contribution >= 0.6 is 0 Å². The van der Waals surface area contributed by atoms with Crippen LogP contribution in [0, 0.1) is 0 Å². The Morgan fingerprint density at radius 2 is 1.26 bits per heavy atom. The van der Waals surface area contributed by atoms with E-state index in [1.54, 1.807) is 0 Å². The molecule has 7 heteroatoms. The monoisotopic (exact) mass is 275 g/mol. The average molecular weight is 275 g/mol. The quantitative estimate of drug-likeness (QED) is 0.662. The Kier molecular flexibility index (Phi) is 12.8. The smallest absolute Gasteiger partial charge is 0.303 e. The number of hydrogen-bond acceptors (Lipinski definition) is 4. The first-order valence-electron chi connectivity index (χ1n) is 6.09. The molecule has 0 bridgehead atoms. The highest BCUT2D eigenvalue weighted by molar-refractivity contribution is 6.01. The molecule has 0 saturated carbocycles. The summed E-state index contributed by atoms with van der Waals surface area (Å²) in [6.45, 7) is 3.68. The maximum absolute atomic E-state index is 10.1. The molecule has 0 atom stereocenters. The molecule has 1 aliphatic heterocycles. The molecule has 0 aromatic carbocycles. The largest absolute Gasteiger partial charge is 0.481 e. The number of amides is 2. The van der Waals surface area contributed by atoms with Crippen LogP contribution in [-0.4, -0.2) is 34.0 Å². The van der Waals surface area contributed by atoms with Crippen LogP contribution in [0.2, 0.25) is 0 Å². The van der Waals surface area contributed by atoms with Crippen molar-refractivity contribution < 1.29 is 29.4 Å². The van der Waals surface area contributed by atoms with Crippen molar-refractivity contribution >= 4 is 23.8 Å². The lowest BCUT2D eigenvalue weighted by Gasteiger charge is -1.79. The van der Waals surface area contributed by atoms with Gasteiger partial charge >= 0.3 is 11.9 Å². The Morgan fingerprint density at radius 1 is 0.947 bits per heavy atom. The number of aliphatic carboxylic acids is 2. The van der Waals surface area contributed by atoms with Crippen LogP contribution < -0.4 is 5.32 Å². The van der Waals surface area contributed by atoms with E-state index in [4.69, 9.17) is 10.2 Å². The van der Waals surface area contributed by atoms with Gasteiger partial charge < -0.3 is 10.2 Å². The summed E-state index contributed by atoms with van der Waals surface area (Å²) in [4.78, 5) is 39.4. The van der Waals surface area contributed by atoms with Crippen LogP contribution in [0.1, 0.15) is 52.4 Å². The Balaban J connectivity index is 0. The van der Waals surface area contributed by atoms with E-state index in [-0.39, 0.29) is 11.8 Å². The first kappa shape index (κ1) is 19.4. The zero-order chi connectivity index (χ0) is 15.3. The lowest BCUT2D eigenvalue weighted by Crippen LogP contribution is -2.18. The summed E-state index contributed by atoms with van der Waals surface area (Å²) < 4.78 is 0. The van der Waals surface area contributed by atoms with Gasteiger partial charge in [-0.1, -0.05) is 13.8 Å². The van der Waals surface area contributed by atoms with Crippen LogP contribution in [0.25, 0.3) is 0 Å². The predicted octanol–water partition coefficient (Wildman–Crippen LogP) is 1.17. The molecule has 0 spiro atoms. The maximum Gasteiger partial charge on any atom is 0.303 e. The fourth-order valence-corrected chi connectivity index (χ4v) is 0.935. The normalized spacial score (nSPS) is 12.5. The molecule has 0 unspecified atom stereocenters. The van der Waals surface area contributed by atoms with E-state index in [1.165, 1.54) is 0 Å². The molecular formula is C12H21NO6. The zero-order valence-electron chi connectivity index (χ0n) is 11.3. The number of nitrogens with one attached hydrogen (secondary N) is 1. The Labute approximate surface area is 112 Å². The number of imide groups is 1. The molecule has 3 N–H and O–H groups in total. The second kappa shape index (κ2) is 12.5. The van der Waals surface area contributed by atoms with Crippen LogP contribution in [0.4, 0.5) is 0 Å². The minimum absolute atomic E-state index is 0.148. The highest BCUT2D eigenvalue weighted by atomic mass is 16.4. The van der Waals surface area contributed by atoms with Gasteiger partial charge in [0.25, 0.3) is 0 Å². The summed E-state index contributed by atoms with van der Waals surface area (Å²) in [6.07, 6.45) is 2.79. The lowest BCUT2D eigenvalue weighted by atomic mass is 10.4. The summed E-state index contributed by atoms with van der Waals surface area (Å²) in [7, 11) is 0. The van der Waals surface area contributed by atoms with Crippen LogP contribution in [0.3, 0.4) is 0 Å². The topological polar surface area (TPSA) is 121 Å². The molecule has 1 aliphatic rings.